The Hall–Kier alpha value is -2.51. The number of hydrogen-bond donors (Lipinski definition) is 3. The summed E-state index contributed by atoms with van der Waals surface area (Å²) in [5.74, 6) is 2.53. The molecule has 4 rings (SSSR count). The summed E-state index contributed by atoms with van der Waals surface area (Å²) in [6.45, 7) is 4.06. The lowest BCUT2D eigenvalue weighted by atomic mass is 10.0. The van der Waals surface area contributed by atoms with E-state index in [0.29, 0.717) is 17.7 Å². The minimum atomic E-state index is 0.287. The van der Waals surface area contributed by atoms with E-state index in [4.69, 9.17) is 26.4 Å². The van der Waals surface area contributed by atoms with Crippen LogP contribution in [0, 0.1) is 0 Å². The first-order valence-electron chi connectivity index (χ1n) is 10.1. The number of methoxy groups -OCH3 is 1. The molecule has 0 radical (unpaired) electrons. The summed E-state index contributed by atoms with van der Waals surface area (Å²) in [4.78, 5) is 1.58. The molecule has 154 valence electrons. The van der Waals surface area contributed by atoms with Gasteiger partial charge in [0, 0.05) is 19.4 Å². The SMILES string of the molecule is COc1ccccc1[C@@H](CNC(=S)NCc1ccc2c(c1)OCO2)[NH+]1CCCC1. The molecule has 0 aliphatic carbocycles. The third-order valence-corrected chi connectivity index (χ3v) is 5.90. The first-order valence-corrected chi connectivity index (χ1v) is 10.5. The van der Waals surface area contributed by atoms with Crippen LogP contribution in [0.15, 0.2) is 42.5 Å². The molecule has 6 nitrogen and oxygen atoms in total. The van der Waals surface area contributed by atoms with Gasteiger partial charge in [0.1, 0.15) is 11.8 Å². The molecule has 0 saturated carbocycles. The minimum absolute atomic E-state index is 0.287. The van der Waals surface area contributed by atoms with Crippen molar-refractivity contribution in [2.45, 2.75) is 25.4 Å². The van der Waals surface area contributed by atoms with Crippen LogP contribution in [0.2, 0.25) is 0 Å². The molecule has 1 fully saturated rings. The van der Waals surface area contributed by atoms with Crippen LogP contribution in [0.1, 0.15) is 30.0 Å². The monoisotopic (exact) mass is 414 g/mol. The lowest BCUT2D eigenvalue weighted by molar-refractivity contribution is -0.918. The summed E-state index contributed by atoms with van der Waals surface area (Å²) < 4.78 is 16.4. The van der Waals surface area contributed by atoms with Crippen molar-refractivity contribution in [3.63, 3.8) is 0 Å². The molecule has 0 spiro atoms. The summed E-state index contributed by atoms with van der Waals surface area (Å²) in [6.07, 6.45) is 2.54. The van der Waals surface area contributed by atoms with Gasteiger partial charge >= 0.3 is 0 Å². The van der Waals surface area contributed by atoms with Gasteiger partial charge in [-0.2, -0.15) is 0 Å². The van der Waals surface area contributed by atoms with Gasteiger partial charge < -0.3 is 29.7 Å². The van der Waals surface area contributed by atoms with E-state index >= 15 is 0 Å². The van der Waals surface area contributed by atoms with Crippen molar-refractivity contribution in [1.82, 2.24) is 10.6 Å². The van der Waals surface area contributed by atoms with E-state index in [1.165, 1.54) is 31.5 Å². The van der Waals surface area contributed by atoms with Crippen LogP contribution < -0.4 is 29.7 Å². The summed E-state index contributed by atoms with van der Waals surface area (Å²) in [6, 6.07) is 14.6. The van der Waals surface area contributed by atoms with E-state index in [0.717, 1.165) is 29.4 Å². The van der Waals surface area contributed by atoms with Crippen molar-refractivity contribution in [3.8, 4) is 17.2 Å². The molecule has 1 saturated heterocycles. The van der Waals surface area contributed by atoms with Gasteiger partial charge in [-0.05, 0) is 42.0 Å². The molecular weight excluding hydrogens is 386 g/mol. The summed E-state index contributed by atoms with van der Waals surface area (Å²) in [5.41, 5.74) is 2.34. The number of benzene rings is 2. The molecule has 0 amide bonds. The normalized spacial score (nSPS) is 16.4. The molecule has 1 atom stereocenters. The number of rotatable bonds is 7. The molecule has 7 heteroatoms. The smallest absolute Gasteiger partial charge is 0.231 e. The second-order valence-electron chi connectivity index (χ2n) is 7.41. The van der Waals surface area contributed by atoms with Gasteiger partial charge in [-0.15, -0.1) is 0 Å². The molecular formula is C22H28N3O3S+. The highest BCUT2D eigenvalue weighted by Crippen LogP contribution is 2.32. The lowest BCUT2D eigenvalue weighted by Gasteiger charge is -2.27. The van der Waals surface area contributed by atoms with Crippen molar-refractivity contribution < 1.29 is 19.1 Å². The van der Waals surface area contributed by atoms with Gasteiger partial charge in [-0.3, -0.25) is 0 Å². The Morgan fingerprint density at radius 2 is 1.90 bits per heavy atom. The Kier molecular flexibility index (Phi) is 6.36. The Balaban J connectivity index is 1.36. The lowest BCUT2D eigenvalue weighted by Crippen LogP contribution is -3.11. The van der Waals surface area contributed by atoms with E-state index in [2.05, 4.69) is 22.8 Å². The first kappa shape index (κ1) is 19.8. The number of quaternary nitrogens is 1. The molecule has 29 heavy (non-hydrogen) atoms. The summed E-state index contributed by atoms with van der Waals surface area (Å²) in [5, 5.41) is 7.37. The molecule has 2 heterocycles. The highest BCUT2D eigenvalue weighted by molar-refractivity contribution is 7.80. The van der Waals surface area contributed by atoms with Crippen LogP contribution in [0.3, 0.4) is 0 Å². The quantitative estimate of drug-likeness (QED) is 0.601. The molecule has 0 bridgehead atoms. The van der Waals surface area contributed by atoms with E-state index < -0.39 is 0 Å². The van der Waals surface area contributed by atoms with Gasteiger partial charge in [0.2, 0.25) is 6.79 Å². The molecule has 2 aliphatic rings. The van der Waals surface area contributed by atoms with Gasteiger partial charge in [-0.25, -0.2) is 0 Å². The largest absolute Gasteiger partial charge is 0.496 e. The van der Waals surface area contributed by atoms with Crippen molar-refractivity contribution in [3.05, 3.63) is 53.6 Å². The number of thiocarbonyl (C=S) groups is 1. The van der Waals surface area contributed by atoms with Crippen LogP contribution in [0.4, 0.5) is 0 Å². The topological polar surface area (TPSA) is 56.2 Å². The average Bonchev–Trinajstić information content (AvgIpc) is 3.44. The molecule has 2 aromatic rings. The third kappa shape index (κ3) is 4.74. The number of nitrogens with one attached hydrogen (secondary N) is 3. The molecule has 0 unspecified atom stereocenters. The number of fused-ring (bicyclic) bond motifs is 1. The number of para-hydroxylation sites is 1. The van der Waals surface area contributed by atoms with Crippen molar-refractivity contribution in [2.75, 3.05) is 33.5 Å². The number of likely N-dealkylation sites (tertiary alicyclic amines) is 1. The Labute approximate surface area is 177 Å². The van der Waals surface area contributed by atoms with Gasteiger partial charge in [0.15, 0.2) is 16.6 Å². The van der Waals surface area contributed by atoms with E-state index in [1.807, 2.05) is 30.3 Å². The Morgan fingerprint density at radius 3 is 2.72 bits per heavy atom. The van der Waals surface area contributed by atoms with Crippen LogP contribution >= 0.6 is 12.2 Å². The first-order chi connectivity index (χ1) is 14.2. The molecule has 2 aromatic carbocycles. The van der Waals surface area contributed by atoms with Crippen molar-refractivity contribution in [1.29, 1.82) is 0 Å². The molecule has 2 aliphatic heterocycles. The fourth-order valence-corrected chi connectivity index (χ4v) is 4.25. The molecule has 3 N–H and O–H groups in total. The highest BCUT2D eigenvalue weighted by atomic mass is 32.1. The zero-order chi connectivity index (χ0) is 20.1. The van der Waals surface area contributed by atoms with Crippen LogP contribution in [0.5, 0.6) is 17.2 Å². The van der Waals surface area contributed by atoms with E-state index in [1.54, 1.807) is 12.0 Å². The van der Waals surface area contributed by atoms with Crippen LogP contribution in [0.25, 0.3) is 0 Å². The van der Waals surface area contributed by atoms with Gasteiger partial charge in [0.25, 0.3) is 0 Å². The predicted molar refractivity (Wildman–Crippen MR) is 116 cm³/mol. The Morgan fingerprint density at radius 1 is 1.10 bits per heavy atom. The fourth-order valence-electron chi connectivity index (χ4n) is 4.10. The Bertz CT molecular complexity index is 855. The van der Waals surface area contributed by atoms with Crippen molar-refractivity contribution >= 4 is 17.3 Å². The predicted octanol–water partition coefficient (Wildman–Crippen LogP) is 1.81. The van der Waals surface area contributed by atoms with Crippen LogP contribution in [-0.2, 0) is 6.54 Å². The summed E-state index contributed by atoms with van der Waals surface area (Å²) in [7, 11) is 1.74. The van der Waals surface area contributed by atoms with E-state index in [-0.39, 0.29) is 6.79 Å². The fraction of sp³-hybridized carbons (Fsp3) is 0.409. The van der Waals surface area contributed by atoms with E-state index in [9.17, 15) is 0 Å². The summed E-state index contributed by atoms with van der Waals surface area (Å²) >= 11 is 5.54. The van der Waals surface area contributed by atoms with Gasteiger partial charge in [0.05, 0.1) is 32.3 Å². The second-order valence-corrected chi connectivity index (χ2v) is 7.82. The van der Waals surface area contributed by atoms with Crippen LogP contribution in [-0.4, -0.2) is 38.6 Å². The average molecular weight is 415 g/mol. The van der Waals surface area contributed by atoms with Crippen molar-refractivity contribution in [2.24, 2.45) is 0 Å². The maximum atomic E-state index is 5.62. The zero-order valence-corrected chi connectivity index (χ0v) is 17.5. The highest BCUT2D eigenvalue weighted by Gasteiger charge is 2.29. The second kappa shape index (κ2) is 9.33. The third-order valence-electron chi connectivity index (χ3n) is 5.61. The number of hydrogen-bond acceptors (Lipinski definition) is 4. The number of ether oxygens (including phenoxy) is 3. The maximum absolute atomic E-state index is 5.62. The molecule has 0 aromatic heterocycles. The van der Waals surface area contributed by atoms with Gasteiger partial charge in [-0.1, -0.05) is 18.2 Å². The minimum Gasteiger partial charge on any atom is -0.496 e. The zero-order valence-electron chi connectivity index (χ0n) is 16.7. The maximum Gasteiger partial charge on any atom is 0.231 e. The standard InChI is InChI=1S/C22H27N3O3S/c1-26-19-7-3-2-6-17(19)18(25-10-4-5-11-25)14-24-22(29)23-13-16-8-9-20-21(12-16)28-15-27-20/h2-3,6-9,12,18H,4-5,10-11,13-15H2,1H3,(H2,23,24,29)/p+1/t18-/m1/s1.